The van der Waals surface area contributed by atoms with Crippen LogP contribution in [0, 0.1) is 12.7 Å². The van der Waals surface area contributed by atoms with Gasteiger partial charge < -0.3 is 15.2 Å². The molecule has 5 aromatic rings. The van der Waals surface area contributed by atoms with Crippen molar-refractivity contribution in [1.29, 1.82) is 0 Å². The first-order valence-electron chi connectivity index (χ1n) is 13.4. The van der Waals surface area contributed by atoms with Crippen LogP contribution >= 0.6 is 0 Å². The van der Waals surface area contributed by atoms with Gasteiger partial charge in [0, 0.05) is 23.6 Å². The summed E-state index contributed by atoms with van der Waals surface area (Å²) >= 11 is 0. The van der Waals surface area contributed by atoms with Gasteiger partial charge in [0.05, 0.1) is 36.7 Å². The summed E-state index contributed by atoms with van der Waals surface area (Å²) in [7, 11) is 0. The summed E-state index contributed by atoms with van der Waals surface area (Å²) < 4.78 is 23.6. The van der Waals surface area contributed by atoms with Crippen LogP contribution in [0.15, 0.2) is 73.1 Å². The van der Waals surface area contributed by atoms with Crippen LogP contribution in [-0.4, -0.2) is 37.3 Å². The normalized spacial score (nSPS) is 11.6. The second-order valence-electron chi connectivity index (χ2n) is 10.9. The van der Waals surface area contributed by atoms with Crippen molar-refractivity contribution in [2.24, 2.45) is 0 Å². The van der Waals surface area contributed by atoms with Gasteiger partial charge >= 0.3 is 6.03 Å². The summed E-state index contributed by atoms with van der Waals surface area (Å²) in [5, 5.41) is 24.4. The van der Waals surface area contributed by atoms with Crippen LogP contribution in [0.2, 0.25) is 0 Å². The highest BCUT2D eigenvalue weighted by Crippen LogP contribution is 2.30. The first kappa shape index (κ1) is 27.9. The Morgan fingerprint density at radius 1 is 1.05 bits per heavy atom. The Morgan fingerprint density at radius 2 is 1.88 bits per heavy atom. The lowest BCUT2D eigenvalue weighted by Gasteiger charge is -2.23. The number of benzene rings is 3. The Bertz CT molecular complexity index is 1700. The number of halogens is 1. The molecule has 9 nitrogen and oxygen atoms in total. The molecule has 5 rings (SSSR count). The summed E-state index contributed by atoms with van der Waals surface area (Å²) in [6, 6.07) is 17.0. The van der Waals surface area contributed by atoms with Crippen LogP contribution in [0.4, 0.5) is 15.0 Å². The fraction of sp³-hybridized carbons (Fsp3) is 0.258. The number of aliphatic hydroxyl groups is 1. The number of amides is 2. The molecule has 41 heavy (non-hydrogen) atoms. The van der Waals surface area contributed by atoms with Gasteiger partial charge in [-0.2, -0.15) is 10.2 Å². The molecule has 2 amide bonds. The molecule has 10 heteroatoms. The van der Waals surface area contributed by atoms with Crippen molar-refractivity contribution in [3.63, 3.8) is 0 Å². The Labute approximate surface area is 237 Å². The molecule has 2 aromatic heterocycles. The number of hydrogen-bond donors (Lipinski definition) is 3. The minimum absolute atomic E-state index is 0.0129. The maximum Gasteiger partial charge on any atom is 0.320 e. The van der Waals surface area contributed by atoms with E-state index in [0.29, 0.717) is 29.4 Å². The predicted octanol–water partition coefficient (Wildman–Crippen LogP) is 6.07. The molecule has 0 atom stereocenters. The van der Waals surface area contributed by atoms with E-state index >= 15 is 0 Å². The predicted molar refractivity (Wildman–Crippen MR) is 156 cm³/mol. The number of urea groups is 1. The highest BCUT2D eigenvalue weighted by atomic mass is 19.1. The molecule has 2 heterocycles. The van der Waals surface area contributed by atoms with Gasteiger partial charge in [-0.25, -0.2) is 13.9 Å². The van der Waals surface area contributed by atoms with E-state index in [-0.39, 0.29) is 18.6 Å². The van der Waals surface area contributed by atoms with Gasteiger partial charge in [0.25, 0.3) is 0 Å². The lowest BCUT2D eigenvalue weighted by molar-refractivity contribution is 0.251. The van der Waals surface area contributed by atoms with Crippen molar-refractivity contribution < 1.29 is 19.0 Å². The summed E-state index contributed by atoms with van der Waals surface area (Å²) in [6.45, 7) is 8.96. The van der Waals surface area contributed by atoms with Crippen LogP contribution in [0.3, 0.4) is 0 Å². The zero-order valence-electron chi connectivity index (χ0n) is 23.5. The van der Waals surface area contributed by atoms with Crippen LogP contribution in [0.5, 0.6) is 11.5 Å². The number of aliphatic hydroxyl groups excluding tert-OH is 1. The van der Waals surface area contributed by atoms with Gasteiger partial charge in [-0.05, 0) is 72.0 Å². The number of nitrogens with one attached hydrogen (secondary N) is 2. The van der Waals surface area contributed by atoms with Crippen LogP contribution in [0.1, 0.15) is 37.5 Å². The molecular formula is C31H33FN6O3. The highest BCUT2D eigenvalue weighted by molar-refractivity contribution is 5.88. The second-order valence-corrected chi connectivity index (χ2v) is 10.9. The molecule has 212 valence electrons. The summed E-state index contributed by atoms with van der Waals surface area (Å²) in [5.74, 6) is 1.00. The molecule has 0 saturated heterocycles. The van der Waals surface area contributed by atoms with Crippen molar-refractivity contribution in [2.45, 2.75) is 46.2 Å². The number of carbonyl (C=O) groups is 1. The fourth-order valence-corrected chi connectivity index (χ4v) is 4.80. The second kappa shape index (κ2) is 11.4. The molecule has 0 aliphatic rings. The number of aryl methyl sites for hydroxylation is 1. The van der Waals surface area contributed by atoms with Gasteiger partial charge in [0.15, 0.2) is 0 Å². The summed E-state index contributed by atoms with van der Waals surface area (Å²) in [5.41, 5.74) is 4.50. The number of anilines is 1. The van der Waals surface area contributed by atoms with E-state index < -0.39 is 11.8 Å². The summed E-state index contributed by atoms with van der Waals surface area (Å²) in [4.78, 5) is 12.9. The largest absolute Gasteiger partial charge is 0.457 e. The molecule has 0 saturated carbocycles. The Balaban J connectivity index is 1.29. The standard InChI is InChI=1S/C31H33FN6O3/c1-20-5-7-24(17-26(20)31(2,3)4)38-29(11-12-34-38)36-30(40)33-18-22-15-23(32)6-10-28(22)41-25-8-9-27-21(16-25)19-35-37(27)13-14-39/h5-12,15-17,19,39H,13-14,18H2,1-4H3,(H2,33,36,40). The smallest absolute Gasteiger partial charge is 0.320 e. The van der Waals surface area contributed by atoms with Gasteiger partial charge in [-0.1, -0.05) is 26.8 Å². The zero-order chi connectivity index (χ0) is 29.1. The number of aromatic nitrogens is 4. The summed E-state index contributed by atoms with van der Waals surface area (Å²) in [6.07, 6.45) is 3.32. The average Bonchev–Trinajstić information content (AvgIpc) is 3.55. The molecule has 3 N–H and O–H groups in total. The van der Waals surface area contributed by atoms with E-state index in [2.05, 4.69) is 54.6 Å². The van der Waals surface area contributed by atoms with E-state index in [0.717, 1.165) is 16.6 Å². The maximum atomic E-state index is 14.2. The fourth-order valence-electron chi connectivity index (χ4n) is 4.80. The zero-order valence-corrected chi connectivity index (χ0v) is 23.5. The Morgan fingerprint density at radius 3 is 2.66 bits per heavy atom. The van der Waals surface area contributed by atoms with Gasteiger partial charge in [0.1, 0.15) is 23.1 Å². The van der Waals surface area contributed by atoms with Crippen LogP contribution in [-0.2, 0) is 18.5 Å². The van der Waals surface area contributed by atoms with Crippen molar-refractivity contribution >= 4 is 22.8 Å². The molecule has 3 aromatic carbocycles. The third-order valence-electron chi connectivity index (χ3n) is 6.77. The molecular weight excluding hydrogens is 523 g/mol. The van der Waals surface area contributed by atoms with E-state index in [1.807, 2.05) is 24.3 Å². The molecule has 0 radical (unpaired) electrons. The topological polar surface area (TPSA) is 106 Å². The first-order valence-corrected chi connectivity index (χ1v) is 13.4. The minimum atomic E-state index is -0.470. The average molecular weight is 557 g/mol. The van der Waals surface area contributed by atoms with Crippen molar-refractivity contribution in [3.05, 3.63) is 95.6 Å². The number of carbonyl (C=O) groups excluding carboxylic acids is 1. The lowest BCUT2D eigenvalue weighted by Crippen LogP contribution is -2.29. The Hall–Kier alpha value is -4.70. The third kappa shape index (κ3) is 6.22. The lowest BCUT2D eigenvalue weighted by atomic mass is 9.84. The molecule has 0 fully saturated rings. The number of ether oxygens (including phenoxy) is 1. The minimum Gasteiger partial charge on any atom is -0.457 e. The monoisotopic (exact) mass is 556 g/mol. The molecule has 0 aliphatic carbocycles. The van der Waals surface area contributed by atoms with E-state index in [1.54, 1.807) is 33.9 Å². The third-order valence-corrected chi connectivity index (χ3v) is 6.77. The van der Waals surface area contributed by atoms with E-state index in [1.165, 1.54) is 29.3 Å². The van der Waals surface area contributed by atoms with Crippen molar-refractivity contribution in [2.75, 3.05) is 11.9 Å². The van der Waals surface area contributed by atoms with E-state index in [9.17, 15) is 14.3 Å². The van der Waals surface area contributed by atoms with Crippen LogP contribution < -0.4 is 15.4 Å². The maximum absolute atomic E-state index is 14.2. The van der Waals surface area contributed by atoms with Gasteiger partial charge in [-0.3, -0.25) is 10.00 Å². The van der Waals surface area contributed by atoms with E-state index in [4.69, 9.17) is 4.74 Å². The SMILES string of the molecule is Cc1ccc(-n2nccc2NC(=O)NCc2cc(F)ccc2Oc2ccc3c(cnn3CCO)c2)cc1C(C)(C)C. The number of fused-ring (bicyclic) bond motifs is 1. The van der Waals surface area contributed by atoms with Gasteiger partial charge in [-0.15, -0.1) is 0 Å². The number of hydrogen-bond acceptors (Lipinski definition) is 5. The van der Waals surface area contributed by atoms with Gasteiger partial charge in [0.2, 0.25) is 0 Å². The molecule has 0 aliphatic heterocycles. The Kier molecular flexibility index (Phi) is 7.76. The molecule has 0 unspecified atom stereocenters. The number of nitrogens with zero attached hydrogens (tertiary/aromatic N) is 4. The van der Waals surface area contributed by atoms with Crippen LogP contribution in [0.25, 0.3) is 16.6 Å². The molecule has 0 spiro atoms. The highest BCUT2D eigenvalue weighted by Gasteiger charge is 2.18. The van der Waals surface area contributed by atoms with Crippen molar-refractivity contribution in [3.8, 4) is 17.2 Å². The quantitative estimate of drug-likeness (QED) is 0.215. The first-order chi connectivity index (χ1) is 19.6. The number of rotatable bonds is 8. The molecule has 0 bridgehead atoms. The van der Waals surface area contributed by atoms with Crippen molar-refractivity contribution in [1.82, 2.24) is 24.9 Å².